The lowest BCUT2D eigenvalue weighted by Gasteiger charge is -2.47. The summed E-state index contributed by atoms with van der Waals surface area (Å²) in [5, 5.41) is 105. The minimum atomic E-state index is -6.02. The van der Waals surface area contributed by atoms with Crippen LogP contribution in [0, 0.1) is 0 Å². The standard InChI is InChI=1S/C30H50N6O13.5C3HF5O2/c1-11-19(37)22(40)17(34)28(44-11)47-25-14(33)7-13(32)20(38)27(25)49-30-24(42)26(48-29-18(35)23(41)21(39)15(8-31)45-29)16(46-30)9-36-43-10-12-5-3-2-4-6-12;5*4-2(5,1(9)10)3(6,7)8/h2-6,9,11,13-30,37-42H,7-8,10,31-35H2,1H3;5*(H,9,10)/b36-9+;;;;;/t11-,13-,14+,15+,16-,17-,18-,19-,20+,21-,22-,23-,24-,25-,26-,27-,28-,29-,30+;;;;;/m1...../s1. The number of aliphatic carboxylic acids is 5. The number of hydrogen-bond donors (Lipinski definition) is 16. The molecule has 0 unspecified atom stereocenters. The average Bonchev–Trinajstić information content (AvgIpc) is 1.64. The van der Waals surface area contributed by atoms with Gasteiger partial charge >= 0.3 is 90.3 Å². The van der Waals surface area contributed by atoms with Gasteiger partial charge in [-0.1, -0.05) is 35.5 Å². The van der Waals surface area contributed by atoms with Gasteiger partial charge in [0.25, 0.3) is 0 Å². The first kappa shape index (κ1) is 92.6. The zero-order valence-electron chi connectivity index (χ0n) is 48.2. The molecule has 0 aromatic heterocycles. The molecular formula is C45H55F25N6O23. The van der Waals surface area contributed by atoms with E-state index in [9.17, 15) is 164 Å². The molecule has 1 saturated carbocycles. The molecule has 1 aromatic rings. The Kier molecular flexibility index (Phi) is 33.2. The van der Waals surface area contributed by atoms with E-state index in [1.54, 1.807) is 0 Å². The van der Waals surface area contributed by atoms with Crippen LogP contribution in [0.2, 0.25) is 0 Å². The van der Waals surface area contributed by atoms with Crippen LogP contribution in [-0.2, 0) is 63.8 Å². The summed E-state index contributed by atoms with van der Waals surface area (Å²) in [6.45, 7) is 1.49. The summed E-state index contributed by atoms with van der Waals surface area (Å²) in [7, 11) is 0. The lowest BCUT2D eigenvalue weighted by Crippen LogP contribution is -2.67. The van der Waals surface area contributed by atoms with Crippen LogP contribution in [0.3, 0.4) is 0 Å². The summed E-state index contributed by atoms with van der Waals surface area (Å²) in [4.78, 5) is 51.4. The van der Waals surface area contributed by atoms with Gasteiger partial charge in [-0.2, -0.15) is 110 Å². The van der Waals surface area contributed by atoms with Gasteiger partial charge in [-0.15, -0.1) is 0 Å². The second kappa shape index (κ2) is 35.5. The number of alkyl halides is 25. The van der Waals surface area contributed by atoms with Crippen molar-refractivity contribution in [2.75, 3.05) is 6.54 Å². The van der Waals surface area contributed by atoms with Gasteiger partial charge in [0.05, 0.1) is 30.5 Å². The van der Waals surface area contributed by atoms with E-state index in [0.717, 1.165) is 5.56 Å². The first-order valence-electron chi connectivity index (χ1n) is 25.6. The average molecular weight is 1520 g/mol. The summed E-state index contributed by atoms with van der Waals surface area (Å²) in [5.41, 5.74) is 31.4. The second-order valence-electron chi connectivity index (χ2n) is 19.8. The first-order chi connectivity index (χ1) is 44.3. The Morgan fingerprint density at radius 1 is 0.455 bits per heavy atom. The number of oxime groups is 1. The number of hydrogen-bond acceptors (Lipinski definition) is 24. The number of carboxylic acids is 5. The molecule has 4 aliphatic rings. The van der Waals surface area contributed by atoms with Gasteiger partial charge in [0.2, 0.25) is 0 Å². The molecule has 0 spiro atoms. The Hall–Kier alpha value is -6.39. The Labute approximate surface area is 532 Å². The Bertz CT molecular complexity index is 2550. The molecule has 1 aliphatic carbocycles. The minimum absolute atomic E-state index is 0.107. The molecule has 3 heterocycles. The largest absolute Gasteiger partial charge is 0.477 e. The fourth-order valence-electron chi connectivity index (χ4n) is 6.96. The molecule has 19 atom stereocenters. The maximum Gasteiger partial charge on any atom is 0.465 e. The number of carboxylic acid groups (broad SMARTS) is 5. The maximum absolute atomic E-state index is 11.5. The fraction of sp³-hybridized carbons (Fsp3) is 0.733. The lowest BCUT2D eigenvalue weighted by molar-refractivity contribution is -0.305. The lowest BCUT2D eigenvalue weighted by atomic mass is 9.84. The van der Waals surface area contributed by atoms with Crippen molar-refractivity contribution in [1.82, 2.24) is 0 Å². The van der Waals surface area contributed by atoms with Gasteiger partial charge in [0.1, 0.15) is 67.6 Å². The van der Waals surface area contributed by atoms with E-state index < -0.39 is 207 Å². The van der Waals surface area contributed by atoms with Crippen LogP contribution in [0.5, 0.6) is 0 Å². The van der Waals surface area contributed by atoms with Crippen molar-refractivity contribution in [2.45, 2.75) is 197 Å². The van der Waals surface area contributed by atoms with Crippen molar-refractivity contribution in [3.05, 3.63) is 35.9 Å². The van der Waals surface area contributed by atoms with E-state index in [-0.39, 0.29) is 19.6 Å². The van der Waals surface area contributed by atoms with E-state index in [2.05, 4.69) is 5.16 Å². The molecule has 3 aliphatic heterocycles. The predicted octanol–water partition coefficient (Wildman–Crippen LogP) is 0.719. The normalized spacial score (nSPS) is 30.4. The number of nitrogens with two attached hydrogens (primary N) is 5. The van der Waals surface area contributed by atoms with Crippen molar-refractivity contribution in [1.29, 1.82) is 0 Å². The van der Waals surface area contributed by atoms with Gasteiger partial charge in [-0.05, 0) is 18.9 Å². The van der Waals surface area contributed by atoms with Crippen molar-refractivity contribution >= 4 is 36.1 Å². The van der Waals surface area contributed by atoms with E-state index in [1.165, 1.54) is 13.1 Å². The monoisotopic (exact) mass is 1520 g/mol. The fourth-order valence-corrected chi connectivity index (χ4v) is 6.96. The third-order valence-corrected chi connectivity index (χ3v) is 12.5. The van der Waals surface area contributed by atoms with E-state index >= 15 is 0 Å². The number of carbonyl (C=O) groups is 5. The van der Waals surface area contributed by atoms with E-state index in [1.807, 2.05) is 30.3 Å². The number of aliphatic hydroxyl groups is 6. The summed E-state index contributed by atoms with van der Waals surface area (Å²) >= 11 is 0. The molecule has 4 fully saturated rings. The van der Waals surface area contributed by atoms with Gasteiger partial charge in [0.15, 0.2) is 18.9 Å². The van der Waals surface area contributed by atoms with Gasteiger partial charge in [-0.25, -0.2) is 24.0 Å². The van der Waals surface area contributed by atoms with Crippen LogP contribution >= 0.6 is 0 Å². The molecule has 5 rings (SSSR count). The van der Waals surface area contributed by atoms with Crippen molar-refractivity contribution in [3.8, 4) is 0 Å². The molecular weight excluding hydrogens is 1470 g/mol. The molecule has 3 saturated heterocycles. The van der Waals surface area contributed by atoms with Crippen LogP contribution < -0.4 is 28.7 Å². The van der Waals surface area contributed by atoms with Crippen molar-refractivity contribution in [3.63, 3.8) is 0 Å². The predicted molar refractivity (Wildman–Crippen MR) is 261 cm³/mol. The van der Waals surface area contributed by atoms with E-state index in [4.69, 9.17) is 87.5 Å². The second-order valence-corrected chi connectivity index (χ2v) is 19.8. The number of ether oxygens (including phenoxy) is 6. The molecule has 99 heavy (non-hydrogen) atoms. The molecule has 29 nitrogen and oxygen atoms in total. The summed E-state index contributed by atoms with van der Waals surface area (Å²) < 4.78 is 313. The van der Waals surface area contributed by atoms with E-state index in [0.29, 0.717) is 0 Å². The summed E-state index contributed by atoms with van der Waals surface area (Å²) in [6, 6.07) is 5.10. The molecule has 0 radical (unpaired) electrons. The third kappa shape index (κ3) is 24.4. The quantitative estimate of drug-likeness (QED) is 0.0616. The van der Waals surface area contributed by atoms with Crippen LogP contribution in [0.25, 0.3) is 0 Å². The Morgan fingerprint density at radius 3 is 1.12 bits per heavy atom. The number of nitrogens with zero attached hydrogens (tertiary/aromatic N) is 1. The zero-order valence-corrected chi connectivity index (χ0v) is 48.2. The van der Waals surface area contributed by atoms with Crippen LogP contribution in [0.4, 0.5) is 110 Å². The molecule has 54 heteroatoms. The highest BCUT2D eigenvalue weighted by molar-refractivity contribution is 5.78. The van der Waals surface area contributed by atoms with Crippen molar-refractivity contribution in [2.24, 2.45) is 33.8 Å². The van der Waals surface area contributed by atoms with Crippen LogP contribution in [0.1, 0.15) is 18.9 Å². The topological polar surface area (TPSA) is 515 Å². The molecule has 578 valence electrons. The number of aliphatic hydroxyl groups excluding tert-OH is 6. The van der Waals surface area contributed by atoms with Gasteiger partial charge in [0, 0.05) is 18.6 Å². The Morgan fingerprint density at radius 2 is 0.788 bits per heavy atom. The van der Waals surface area contributed by atoms with Crippen LogP contribution in [0.15, 0.2) is 35.5 Å². The molecule has 0 amide bonds. The zero-order chi connectivity index (χ0) is 78.5. The number of halogens is 25. The molecule has 21 N–H and O–H groups in total. The first-order valence-corrected chi connectivity index (χ1v) is 25.6. The number of benzene rings is 1. The van der Waals surface area contributed by atoms with Gasteiger partial charge < -0.3 is 118 Å². The Balaban J connectivity index is 0.00000153. The highest BCUT2D eigenvalue weighted by Crippen LogP contribution is 2.40. The maximum atomic E-state index is 11.5. The van der Waals surface area contributed by atoms with Crippen molar-refractivity contribution < 1.29 is 223 Å². The number of rotatable bonds is 16. The summed E-state index contributed by atoms with van der Waals surface area (Å²) in [6.07, 6.45) is -48.2. The summed E-state index contributed by atoms with van der Waals surface area (Å²) in [5.74, 6) is -44.2. The van der Waals surface area contributed by atoms with Crippen LogP contribution in [-0.4, -0.2) is 276 Å². The highest BCUT2D eigenvalue weighted by Gasteiger charge is 2.67. The molecule has 0 bridgehead atoms. The SMILES string of the molecule is C[C@H]1O[C@H](O[C@H]2[C@H](O[C@@H]3O[C@H](/C=N/OCc4ccccc4)[C@@H](O[C@H]4O[C@@H](CN)[C@@H](O)[C@H](O)[C@H]4N)[C@H]3O)[C@@H](O)[C@H](N)C[C@@H]2N)[C@H](N)[C@@H](O)[C@@H]1O.O=C(O)C(F)(F)C(F)(F)F.O=C(O)C(F)(F)C(F)(F)F.O=C(O)C(F)(F)C(F)(F)F.O=C(O)C(F)(F)C(F)(F)F.O=C(O)C(F)(F)C(F)(F)F. The molecule has 1 aromatic carbocycles. The highest BCUT2D eigenvalue weighted by atomic mass is 19.5. The minimum Gasteiger partial charge on any atom is -0.477 e. The smallest absolute Gasteiger partial charge is 0.465 e. The third-order valence-electron chi connectivity index (χ3n) is 12.5. The van der Waals surface area contributed by atoms with Gasteiger partial charge in [-0.3, -0.25) is 0 Å².